The van der Waals surface area contributed by atoms with Gasteiger partial charge in [-0.05, 0) is 92.4 Å². The van der Waals surface area contributed by atoms with Crippen LogP contribution >= 0.6 is 12.4 Å². The predicted molar refractivity (Wildman–Crippen MR) is 150 cm³/mol. The van der Waals surface area contributed by atoms with E-state index < -0.39 is 11.6 Å². The van der Waals surface area contributed by atoms with Gasteiger partial charge in [-0.3, -0.25) is 0 Å². The summed E-state index contributed by atoms with van der Waals surface area (Å²) in [7, 11) is 5.26. The van der Waals surface area contributed by atoms with Crippen LogP contribution in [0, 0.1) is 11.7 Å². The van der Waals surface area contributed by atoms with Gasteiger partial charge in [0.1, 0.15) is 5.82 Å². The van der Waals surface area contributed by atoms with Crippen LogP contribution in [-0.2, 0) is 28.8 Å². The number of carboxylic acid groups (broad SMARTS) is 1. The lowest BCUT2D eigenvalue weighted by molar-refractivity contribution is -0.171. The number of aryl methyl sites for hydroxylation is 1. The molecule has 212 valence electrons. The Morgan fingerprint density at radius 3 is 2.53 bits per heavy atom. The highest BCUT2D eigenvalue weighted by Gasteiger charge is 2.40. The molecule has 2 aromatic rings. The Bertz CT molecular complexity index is 1040. The molecule has 0 spiro atoms. The van der Waals surface area contributed by atoms with Gasteiger partial charge in [0.2, 0.25) is 0 Å². The number of hydrogen-bond acceptors (Lipinski definition) is 5. The quantitative estimate of drug-likeness (QED) is 0.294. The Kier molecular flexibility index (Phi) is 12.8. The molecule has 0 amide bonds. The highest BCUT2D eigenvalue weighted by Crippen LogP contribution is 2.31. The number of hydrogen-bond donors (Lipinski definition) is 1. The van der Waals surface area contributed by atoms with Crippen LogP contribution in [0.25, 0.3) is 0 Å². The number of carboxylic acids is 1. The number of likely N-dealkylation sites (N-methyl/N-ethyl adjacent to an activating group) is 1. The standard InChI is InChI=1S/C30H42FNO5.ClH/c1-5-6-14-30(29(33)34,37-21-23-7-9-25-20-26(31)11-10-24(25)18-23)15-17-32(2)16-13-22-8-12-27(35-3)28(19-22)36-4;/h8,10-12,19-20,23H,5-7,9,13-18,21H2,1-4H3,(H,33,34);1H/t23-,30?;/m0./s1. The monoisotopic (exact) mass is 551 g/mol. The normalized spacial score (nSPS) is 16.3. The third-order valence-corrected chi connectivity index (χ3v) is 7.55. The Hall–Kier alpha value is -2.35. The Morgan fingerprint density at radius 2 is 1.84 bits per heavy atom. The van der Waals surface area contributed by atoms with Crippen molar-refractivity contribution >= 4 is 18.4 Å². The van der Waals surface area contributed by atoms with Gasteiger partial charge < -0.3 is 24.2 Å². The highest BCUT2D eigenvalue weighted by atomic mass is 35.5. The summed E-state index contributed by atoms with van der Waals surface area (Å²) in [4.78, 5) is 14.7. The highest BCUT2D eigenvalue weighted by molar-refractivity contribution is 5.85. The van der Waals surface area contributed by atoms with Gasteiger partial charge in [-0.15, -0.1) is 12.4 Å². The Balaban J connectivity index is 0.00000507. The fraction of sp³-hybridized carbons (Fsp3) is 0.567. The van der Waals surface area contributed by atoms with Crippen molar-refractivity contribution in [2.24, 2.45) is 5.92 Å². The summed E-state index contributed by atoms with van der Waals surface area (Å²) in [5.41, 5.74) is 2.14. The molecule has 2 aromatic carbocycles. The fourth-order valence-corrected chi connectivity index (χ4v) is 5.07. The number of benzene rings is 2. The second-order valence-corrected chi connectivity index (χ2v) is 10.2. The van der Waals surface area contributed by atoms with Crippen molar-refractivity contribution in [2.45, 2.75) is 63.9 Å². The third-order valence-electron chi connectivity index (χ3n) is 7.55. The number of carbonyl (C=O) groups is 1. The SMILES string of the molecule is CCCCC(CCN(C)CCc1ccc(OC)c(OC)c1)(OC[C@H]1CCc2cc(F)ccc2C1)C(=O)O.Cl. The lowest BCUT2D eigenvalue weighted by Crippen LogP contribution is -2.45. The summed E-state index contributed by atoms with van der Waals surface area (Å²) < 4.78 is 30.6. The first kappa shape index (κ1) is 31.9. The second-order valence-electron chi connectivity index (χ2n) is 10.2. The zero-order valence-corrected chi connectivity index (χ0v) is 23.9. The summed E-state index contributed by atoms with van der Waals surface area (Å²) in [6, 6.07) is 10.9. The van der Waals surface area contributed by atoms with Crippen LogP contribution in [0.2, 0.25) is 0 Å². The van der Waals surface area contributed by atoms with Crippen molar-refractivity contribution in [1.82, 2.24) is 4.90 Å². The zero-order valence-electron chi connectivity index (χ0n) is 23.1. The molecule has 0 bridgehead atoms. The largest absolute Gasteiger partial charge is 0.493 e. The number of nitrogens with zero attached hydrogens (tertiary/aromatic N) is 1. The summed E-state index contributed by atoms with van der Waals surface area (Å²) in [5, 5.41) is 10.3. The van der Waals surface area contributed by atoms with E-state index in [4.69, 9.17) is 14.2 Å². The number of unbranched alkanes of at least 4 members (excludes halogenated alkanes) is 1. The van der Waals surface area contributed by atoms with Crippen LogP contribution in [0.5, 0.6) is 11.5 Å². The fourth-order valence-electron chi connectivity index (χ4n) is 5.07. The van der Waals surface area contributed by atoms with E-state index in [1.807, 2.05) is 31.3 Å². The number of methoxy groups -OCH3 is 2. The smallest absolute Gasteiger partial charge is 0.336 e. The van der Waals surface area contributed by atoms with Crippen LogP contribution in [0.3, 0.4) is 0 Å². The van der Waals surface area contributed by atoms with Crippen molar-refractivity contribution in [1.29, 1.82) is 0 Å². The van der Waals surface area contributed by atoms with Crippen LogP contribution < -0.4 is 9.47 Å². The van der Waals surface area contributed by atoms with E-state index in [-0.39, 0.29) is 24.1 Å². The Morgan fingerprint density at radius 1 is 1.08 bits per heavy atom. The molecule has 0 radical (unpaired) electrons. The minimum absolute atomic E-state index is 0. The van der Waals surface area contributed by atoms with Crippen LogP contribution in [0.1, 0.15) is 55.7 Å². The molecule has 38 heavy (non-hydrogen) atoms. The molecule has 1 aliphatic rings. The molecule has 0 fully saturated rings. The Labute approximate surface area is 232 Å². The van der Waals surface area contributed by atoms with Gasteiger partial charge in [0.25, 0.3) is 0 Å². The van der Waals surface area contributed by atoms with E-state index in [0.29, 0.717) is 37.5 Å². The van der Waals surface area contributed by atoms with E-state index in [2.05, 4.69) is 11.8 Å². The molecular formula is C30H43ClFNO5. The van der Waals surface area contributed by atoms with E-state index in [1.165, 1.54) is 6.07 Å². The van der Waals surface area contributed by atoms with Gasteiger partial charge in [-0.25, -0.2) is 9.18 Å². The first-order valence-electron chi connectivity index (χ1n) is 13.3. The molecule has 2 atom stereocenters. The first-order chi connectivity index (χ1) is 17.8. The minimum Gasteiger partial charge on any atom is -0.493 e. The molecule has 1 N–H and O–H groups in total. The maximum Gasteiger partial charge on any atom is 0.336 e. The summed E-state index contributed by atoms with van der Waals surface area (Å²) in [5.74, 6) is 0.560. The van der Waals surface area contributed by atoms with E-state index in [0.717, 1.165) is 61.8 Å². The molecule has 1 unspecified atom stereocenters. The van der Waals surface area contributed by atoms with Gasteiger partial charge in [0, 0.05) is 13.1 Å². The van der Waals surface area contributed by atoms with Crippen LogP contribution in [0.15, 0.2) is 36.4 Å². The number of aliphatic carboxylic acids is 1. The van der Waals surface area contributed by atoms with Crippen molar-refractivity contribution in [3.63, 3.8) is 0 Å². The van der Waals surface area contributed by atoms with Gasteiger partial charge in [0.05, 0.1) is 20.8 Å². The van der Waals surface area contributed by atoms with E-state index >= 15 is 0 Å². The van der Waals surface area contributed by atoms with Crippen molar-refractivity contribution in [3.8, 4) is 11.5 Å². The third kappa shape index (κ3) is 8.58. The molecule has 0 saturated heterocycles. The lowest BCUT2D eigenvalue weighted by Gasteiger charge is -2.34. The van der Waals surface area contributed by atoms with E-state index in [1.54, 1.807) is 20.3 Å². The summed E-state index contributed by atoms with van der Waals surface area (Å²) in [6.07, 6.45) is 5.93. The molecule has 0 saturated carbocycles. The molecule has 3 rings (SSSR count). The number of ether oxygens (including phenoxy) is 3. The summed E-state index contributed by atoms with van der Waals surface area (Å²) in [6.45, 7) is 3.88. The topological polar surface area (TPSA) is 68.2 Å². The molecule has 1 aliphatic carbocycles. The predicted octanol–water partition coefficient (Wildman–Crippen LogP) is 5.96. The van der Waals surface area contributed by atoms with Crippen LogP contribution in [-0.4, -0.2) is 62.5 Å². The van der Waals surface area contributed by atoms with Gasteiger partial charge in [-0.1, -0.05) is 31.9 Å². The molecule has 8 heteroatoms. The minimum atomic E-state index is -1.20. The summed E-state index contributed by atoms with van der Waals surface area (Å²) >= 11 is 0. The molecule has 0 heterocycles. The van der Waals surface area contributed by atoms with Gasteiger partial charge in [-0.2, -0.15) is 0 Å². The average Bonchev–Trinajstić information content (AvgIpc) is 2.91. The van der Waals surface area contributed by atoms with Crippen molar-refractivity contribution < 1.29 is 28.5 Å². The van der Waals surface area contributed by atoms with Crippen molar-refractivity contribution in [2.75, 3.05) is 41.0 Å². The van der Waals surface area contributed by atoms with E-state index in [9.17, 15) is 14.3 Å². The first-order valence-corrected chi connectivity index (χ1v) is 13.3. The molecular weight excluding hydrogens is 509 g/mol. The van der Waals surface area contributed by atoms with Crippen molar-refractivity contribution in [3.05, 3.63) is 58.9 Å². The second kappa shape index (κ2) is 15.3. The average molecular weight is 552 g/mol. The lowest BCUT2D eigenvalue weighted by atomic mass is 9.84. The zero-order chi connectivity index (χ0) is 26.8. The van der Waals surface area contributed by atoms with Crippen LogP contribution in [0.4, 0.5) is 4.39 Å². The maximum atomic E-state index is 13.6. The number of rotatable bonds is 15. The van der Waals surface area contributed by atoms with Gasteiger partial charge >= 0.3 is 5.97 Å². The number of halogens is 2. The molecule has 6 nitrogen and oxygen atoms in total. The van der Waals surface area contributed by atoms with Gasteiger partial charge in [0.15, 0.2) is 17.1 Å². The maximum absolute atomic E-state index is 13.6. The number of fused-ring (bicyclic) bond motifs is 1. The molecule has 0 aliphatic heterocycles. The molecule has 0 aromatic heterocycles.